The van der Waals surface area contributed by atoms with Crippen molar-refractivity contribution in [1.82, 2.24) is 10.2 Å². The van der Waals surface area contributed by atoms with Gasteiger partial charge in [0.15, 0.2) is 5.82 Å². The molecule has 0 spiro atoms. The highest BCUT2D eigenvalue weighted by molar-refractivity contribution is 5.80. The van der Waals surface area contributed by atoms with E-state index in [0.29, 0.717) is 0 Å². The zero-order chi connectivity index (χ0) is 14.0. The van der Waals surface area contributed by atoms with Crippen LogP contribution in [0.25, 0.3) is 0 Å². The van der Waals surface area contributed by atoms with Crippen LogP contribution < -0.4 is 4.90 Å². The summed E-state index contributed by atoms with van der Waals surface area (Å²) in [5.41, 5.74) is 0.184. The molecule has 2 heterocycles. The molecule has 1 aromatic heterocycles. The Bertz CT molecular complexity index is 544. The summed E-state index contributed by atoms with van der Waals surface area (Å²) in [5.74, 6) is -3.71. The van der Waals surface area contributed by atoms with Crippen molar-refractivity contribution in [3.63, 3.8) is 0 Å². The quantitative estimate of drug-likeness (QED) is 0.736. The number of halogens is 2. The normalized spacial score (nSPS) is 20.9. The van der Waals surface area contributed by atoms with Gasteiger partial charge in [-0.1, -0.05) is 0 Å². The molecule has 0 radical (unpaired) electrons. The molecule has 0 saturated carbocycles. The van der Waals surface area contributed by atoms with Crippen molar-refractivity contribution < 1.29 is 18.3 Å². The molecule has 0 unspecified atom stereocenters. The van der Waals surface area contributed by atoms with Gasteiger partial charge < -0.3 is 9.64 Å². The van der Waals surface area contributed by atoms with E-state index in [4.69, 9.17) is 5.26 Å². The average Bonchev–Trinajstić information content (AvgIpc) is 2.74. The highest BCUT2D eigenvalue weighted by atomic mass is 19.3. The minimum absolute atomic E-state index is 0.0617. The lowest BCUT2D eigenvalue weighted by Gasteiger charge is -2.22. The van der Waals surface area contributed by atoms with Crippen molar-refractivity contribution in [2.75, 3.05) is 18.6 Å². The number of hydrogen-bond acceptors (Lipinski definition) is 6. The molecule has 0 amide bonds. The molecule has 1 aliphatic heterocycles. The number of ether oxygens (including phenoxy) is 1. The van der Waals surface area contributed by atoms with Gasteiger partial charge in [-0.05, 0) is 0 Å². The van der Waals surface area contributed by atoms with Gasteiger partial charge in [-0.3, -0.25) is 0 Å². The average molecular weight is 268 g/mol. The monoisotopic (exact) mass is 268 g/mol. The fourth-order valence-electron chi connectivity index (χ4n) is 1.96. The van der Waals surface area contributed by atoms with Crippen LogP contribution in [-0.2, 0) is 9.53 Å². The zero-order valence-electron chi connectivity index (χ0n) is 10.0. The van der Waals surface area contributed by atoms with Crippen molar-refractivity contribution in [3.05, 3.63) is 17.8 Å². The maximum atomic E-state index is 13.4. The first-order chi connectivity index (χ1) is 8.96. The van der Waals surface area contributed by atoms with E-state index in [9.17, 15) is 13.6 Å². The summed E-state index contributed by atoms with van der Waals surface area (Å²) < 4.78 is 31.4. The van der Waals surface area contributed by atoms with Gasteiger partial charge in [0.2, 0.25) is 0 Å². The fraction of sp³-hybridized carbons (Fsp3) is 0.455. The number of esters is 1. The largest absolute Gasteiger partial charge is 0.467 e. The van der Waals surface area contributed by atoms with Crippen molar-refractivity contribution >= 4 is 11.8 Å². The van der Waals surface area contributed by atoms with Gasteiger partial charge >= 0.3 is 5.97 Å². The van der Waals surface area contributed by atoms with Crippen LogP contribution in [0.2, 0.25) is 0 Å². The standard InChI is InChI=1S/C11H10F2N4O2/c1-19-10(18)8-3-11(12,13)6-17(8)9-2-7(4-14)5-15-16-9/h2,5,8H,3,6H2,1H3/t8-/m1/s1. The Labute approximate surface area is 107 Å². The Hall–Kier alpha value is -2.30. The predicted molar refractivity (Wildman–Crippen MR) is 59.5 cm³/mol. The van der Waals surface area contributed by atoms with Gasteiger partial charge in [-0.15, -0.1) is 5.10 Å². The van der Waals surface area contributed by atoms with Crippen LogP contribution in [0.15, 0.2) is 12.3 Å². The van der Waals surface area contributed by atoms with E-state index in [0.717, 1.165) is 12.0 Å². The van der Waals surface area contributed by atoms with Gasteiger partial charge in [-0.25, -0.2) is 13.6 Å². The number of aromatic nitrogens is 2. The lowest BCUT2D eigenvalue weighted by molar-refractivity contribution is -0.142. The summed E-state index contributed by atoms with van der Waals surface area (Å²) >= 11 is 0. The molecule has 0 bridgehead atoms. The smallest absolute Gasteiger partial charge is 0.328 e. The number of methoxy groups -OCH3 is 1. The molecule has 6 nitrogen and oxygen atoms in total. The van der Waals surface area contributed by atoms with Crippen molar-refractivity contribution in [2.24, 2.45) is 0 Å². The Balaban J connectivity index is 2.35. The van der Waals surface area contributed by atoms with E-state index >= 15 is 0 Å². The number of hydrogen-bond donors (Lipinski definition) is 0. The van der Waals surface area contributed by atoms with E-state index in [-0.39, 0.29) is 11.4 Å². The highest BCUT2D eigenvalue weighted by Gasteiger charge is 2.49. The first kappa shape index (κ1) is 13.1. The van der Waals surface area contributed by atoms with Crippen LogP contribution in [-0.4, -0.2) is 41.8 Å². The second kappa shape index (κ2) is 4.76. The van der Waals surface area contributed by atoms with Crippen LogP contribution in [0.5, 0.6) is 0 Å². The van der Waals surface area contributed by atoms with E-state index in [2.05, 4.69) is 14.9 Å². The second-order valence-electron chi connectivity index (χ2n) is 4.14. The number of rotatable bonds is 2. The maximum absolute atomic E-state index is 13.4. The molecule has 1 fully saturated rings. The van der Waals surface area contributed by atoms with Gasteiger partial charge in [0.1, 0.15) is 12.1 Å². The van der Waals surface area contributed by atoms with Gasteiger partial charge in [0.25, 0.3) is 5.92 Å². The molecule has 0 aliphatic carbocycles. The molecular formula is C11H10F2N4O2. The molecule has 2 rings (SSSR count). The van der Waals surface area contributed by atoms with Crippen LogP contribution in [0, 0.1) is 11.3 Å². The topological polar surface area (TPSA) is 79.1 Å². The van der Waals surface area contributed by atoms with Crippen molar-refractivity contribution in [3.8, 4) is 6.07 Å². The summed E-state index contributed by atoms with van der Waals surface area (Å²) in [4.78, 5) is 12.6. The summed E-state index contributed by atoms with van der Waals surface area (Å²) in [6, 6.07) is 2.02. The lowest BCUT2D eigenvalue weighted by Crippen LogP contribution is -2.37. The second-order valence-corrected chi connectivity index (χ2v) is 4.14. The van der Waals surface area contributed by atoms with Crippen molar-refractivity contribution in [1.29, 1.82) is 5.26 Å². The number of carbonyl (C=O) groups excluding carboxylic acids is 1. The van der Waals surface area contributed by atoms with Gasteiger partial charge in [-0.2, -0.15) is 10.4 Å². The number of nitriles is 1. The Kier molecular flexibility index (Phi) is 3.29. The molecule has 0 aromatic carbocycles. The molecule has 19 heavy (non-hydrogen) atoms. The molecule has 1 saturated heterocycles. The van der Waals surface area contributed by atoms with Crippen molar-refractivity contribution in [2.45, 2.75) is 18.4 Å². The van der Waals surface area contributed by atoms with E-state index in [1.54, 1.807) is 0 Å². The third-order valence-corrected chi connectivity index (χ3v) is 2.81. The summed E-state index contributed by atoms with van der Waals surface area (Å²) in [6.07, 6.45) is 0.572. The number of anilines is 1. The molecule has 0 N–H and O–H groups in total. The SMILES string of the molecule is COC(=O)[C@H]1CC(F)(F)CN1c1cc(C#N)cnn1. The molecule has 1 aromatic rings. The number of carbonyl (C=O) groups is 1. The van der Waals surface area contributed by atoms with E-state index in [1.165, 1.54) is 12.3 Å². The maximum Gasteiger partial charge on any atom is 0.328 e. The first-order valence-electron chi connectivity index (χ1n) is 5.42. The first-order valence-corrected chi connectivity index (χ1v) is 5.42. The summed E-state index contributed by atoms with van der Waals surface area (Å²) in [5, 5.41) is 16.0. The Morgan fingerprint density at radius 2 is 2.42 bits per heavy atom. The van der Waals surface area contributed by atoms with Crippen LogP contribution >= 0.6 is 0 Å². The Morgan fingerprint density at radius 3 is 3.05 bits per heavy atom. The number of nitrogens with zero attached hydrogens (tertiary/aromatic N) is 4. The summed E-state index contributed by atoms with van der Waals surface area (Å²) in [7, 11) is 1.13. The minimum Gasteiger partial charge on any atom is -0.467 e. The van der Waals surface area contributed by atoms with E-state index in [1.807, 2.05) is 6.07 Å². The van der Waals surface area contributed by atoms with Crippen LogP contribution in [0.1, 0.15) is 12.0 Å². The molecular weight excluding hydrogens is 258 g/mol. The van der Waals surface area contributed by atoms with Crippen LogP contribution in [0.4, 0.5) is 14.6 Å². The molecule has 1 aliphatic rings. The third-order valence-electron chi connectivity index (χ3n) is 2.81. The zero-order valence-corrected chi connectivity index (χ0v) is 10.0. The lowest BCUT2D eigenvalue weighted by atomic mass is 10.2. The molecule has 1 atom stereocenters. The predicted octanol–water partition coefficient (Wildman–Crippen LogP) is 0.735. The summed E-state index contributed by atoms with van der Waals surface area (Å²) in [6.45, 7) is -0.656. The third kappa shape index (κ3) is 2.59. The highest BCUT2D eigenvalue weighted by Crippen LogP contribution is 2.35. The van der Waals surface area contributed by atoms with Gasteiger partial charge in [0, 0.05) is 12.5 Å². The van der Waals surface area contributed by atoms with Gasteiger partial charge in [0.05, 0.1) is 25.4 Å². The van der Waals surface area contributed by atoms with Crippen LogP contribution in [0.3, 0.4) is 0 Å². The molecule has 8 heteroatoms. The fourth-order valence-corrected chi connectivity index (χ4v) is 1.96. The Morgan fingerprint density at radius 1 is 1.68 bits per heavy atom. The number of alkyl halides is 2. The van der Waals surface area contributed by atoms with E-state index < -0.39 is 30.9 Å². The molecule has 100 valence electrons. The minimum atomic E-state index is -3.01.